The van der Waals surface area contributed by atoms with Gasteiger partial charge in [0, 0.05) is 6.54 Å². The number of aromatic nitrogens is 1. The lowest BCUT2D eigenvalue weighted by Crippen LogP contribution is -2.50. The molecule has 2 atom stereocenters. The van der Waals surface area contributed by atoms with Gasteiger partial charge < -0.3 is 19.7 Å². The molecular weight excluding hydrogens is 437 g/mol. The number of nitrogens with one attached hydrogen (secondary N) is 2. The minimum atomic E-state index is -4.51. The summed E-state index contributed by atoms with van der Waals surface area (Å²) in [7, 11) is 0. The van der Waals surface area contributed by atoms with Gasteiger partial charge in [0.05, 0.1) is 6.34 Å². The first-order valence-electron chi connectivity index (χ1n) is 11.4. The quantitative estimate of drug-likeness (QED) is 0.255. The van der Waals surface area contributed by atoms with Gasteiger partial charge in [-0.05, 0) is 37.3 Å². The molecule has 1 aromatic carbocycles. The number of alkyl halides is 3. The van der Waals surface area contributed by atoms with E-state index in [0.29, 0.717) is 30.3 Å². The lowest BCUT2D eigenvalue weighted by molar-refractivity contribution is -0.146. The van der Waals surface area contributed by atoms with Crippen molar-refractivity contribution in [2.24, 2.45) is 5.92 Å². The molecule has 1 aliphatic rings. The molecule has 0 radical (unpaired) electrons. The Morgan fingerprint density at radius 2 is 2.03 bits per heavy atom. The third-order valence-corrected chi connectivity index (χ3v) is 6.06. The third-order valence-electron chi connectivity index (χ3n) is 6.06. The van der Waals surface area contributed by atoms with Gasteiger partial charge >= 0.3 is 6.18 Å². The number of nitrogens with zero attached hydrogens (tertiary/aromatic N) is 2. The van der Waals surface area contributed by atoms with Crippen molar-refractivity contribution in [3.63, 3.8) is 0 Å². The number of benzene rings is 1. The van der Waals surface area contributed by atoms with Crippen LogP contribution in [-0.4, -0.2) is 52.5 Å². The molecule has 1 fully saturated rings. The Morgan fingerprint density at radius 1 is 1.30 bits per heavy atom. The van der Waals surface area contributed by atoms with Crippen LogP contribution in [0.25, 0.3) is 11.1 Å². The Labute approximate surface area is 190 Å². The topological polar surface area (TPSA) is 102 Å². The highest BCUT2D eigenvalue weighted by Crippen LogP contribution is 2.29. The second kappa shape index (κ2) is 11.5. The summed E-state index contributed by atoms with van der Waals surface area (Å²) in [6.45, 7) is -1.15. The van der Waals surface area contributed by atoms with Crippen LogP contribution in [0.2, 0.25) is 0 Å². The minimum absolute atomic E-state index is 0.172. The Hall–Kier alpha value is -2.62. The minimum Gasteiger partial charge on any atom is -0.438 e. The number of oxazole rings is 1. The Bertz CT molecular complexity index is 879. The lowest BCUT2D eigenvalue weighted by Gasteiger charge is -2.33. The van der Waals surface area contributed by atoms with Crippen LogP contribution >= 0.6 is 0 Å². The molecule has 1 amide bonds. The number of rotatable bonds is 11. The van der Waals surface area contributed by atoms with Crippen LogP contribution in [0.15, 0.2) is 28.7 Å². The second-order valence-corrected chi connectivity index (χ2v) is 8.64. The summed E-state index contributed by atoms with van der Waals surface area (Å²) >= 11 is 0. The van der Waals surface area contributed by atoms with E-state index in [0.717, 1.165) is 37.0 Å². The first-order valence-corrected chi connectivity index (χ1v) is 11.4. The molecule has 3 N–H and O–H groups in total. The molecule has 0 spiro atoms. The van der Waals surface area contributed by atoms with Gasteiger partial charge in [-0.2, -0.15) is 13.2 Å². The molecule has 7 nitrogen and oxygen atoms in total. The fourth-order valence-corrected chi connectivity index (χ4v) is 4.37. The van der Waals surface area contributed by atoms with Crippen LogP contribution in [0.3, 0.4) is 0 Å². The number of halogens is 3. The maximum Gasteiger partial charge on any atom is 0.405 e. The molecular formula is C23H31F3N4O3. The van der Waals surface area contributed by atoms with Gasteiger partial charge in [-0.1, -0.05) is 44.2 Å². The van der Waals surface area contributed by atoms with Gasteiger partial charge in [0.1, 0.15) is 24.2 Å². The number of hydrogen-bond acceptors (Lipinski definition) is 5. The molecule has 0 bridgehead atoms. The predicted octanol–water partition coefficient (Wildman–Crippen LogP) is 4.57. The molecule has 182 valence electrons. The van der Waals surface area contributed by atoms with E-state index in [1.807, 2.05) is 6.07 Å². The number of aliphatic hydroxyl groups is 1. The van der Waals surface area contributed by atoms with Gasteiger partial charge in [0.25, 0.3) is 0 Å². The molecule has 2 aromatic rings. The fourth-order valence-electron chi connectivity index (χ4n) is 4.37. The maximum atomic E-state index is 13.0. The van der Waals surface area contributed by atoms with Crippen molar-refractivity contribution >= 4 is 23.3 Å². The SMILES string of the molecule is N=CN(CC(F)(F)F)C(CC1CCCCC1)C(=O)NCCCC(O)c1nc2ccccc2o1. The predicted molar refractivity (Wildman–Crippen MR) is 118 cm³/mol. The molecule has 33 heavy (non-hydrogen) atoms. The number of hydrogen-bond donors (Lipinski definition) is 3. The van der Waals surface area contributed by atoms with Crippen LogP contribution < -0.4 is 5.32 Å². The largest absolute Gasteiger partial charge is 0.438 e. The van der Waals surface area contributed by atoms with Crippen molar-refractivity contribution in [1.82, 2.24) is 15.2 Å². The lowest BCUT2D eigenvalue weighted by atomic mass is 9.84. The van der Waals surface area contributed by atoms with Crippen molar-refractivity contribution < 1.29 is 27.5 Å². The van der Waals surface area contributed by atoms with E-state index in [4.69, 9.17) is 9.83 Å². The molecule has 1 aromatic heterocycles. The van der Waals surface area contributed by atoms with Gasteiger partial charge in [-0.25, -0.2) is 4.98 Å². The van der Waals surface area contributed by atoms with E-state index in [1.54, 1.807) is 18.2 Å². The molecule has 3 rings (SSSR count). The fraction of sp³-hybridized carbons (Fsp3) is 0.609. The number of fused-ring (bicyclic) bond motifs is 1. The maximum absolute atomic E-state index is 13.0. The average molecular weight is 469 g/mol. The van der Waals surface area contributed by atoms with E-state index in [-0.39, 0.29) is 24.8 Å². The number of amides is 1. The number of carbonyl (C=O) groups is 1. The van der Waals surface area contributed by atoms with E-state index in [2.05, 4.69) is 10.3 Å². The van der Waals surface area contributed by atoms with E-state index in [9.17, 15) is 23.1 Å². The molecule has 2 unspecified atom stereocenters. The number of carbonyl (C=O) groups excluding carboxylic acids is 1. The molecule has 0 aliphatic heterocycles. The zero-order chi connectivity index (χ0) is 23.8. The van der Waals surface area contributed by atoms with Crippen LogP contribution in [0, 0.1) is 11.3 Å². The van der Waals surface area contributed by atoms with Crippen molar-refractivity contribution in [1.29, 1.82) is 5.41 Å². The Kier molecular flexibility index (Phi) is 8.71. The zero-order valence-corrected chi connectivity index (χ0v) is 18.5. The van der Waals surface area contributed by atoms with E-state index < -0.39 is 30.8 Å². The van der Waals surface area contributed by atoms with E-state index in [1.165, 1.54) is 0 Å². The van der Waals surface area contributed by atoms with Crippen LogP contribution in [0.5, 0.6) is 0 Å². The molecule has 1 heterocycles. The monoisotopic (exact) mass is 468 g/mol. The highest BCUT2D eigenvalue weighted by atomic mass is 19.4. The summed E-state index contributed by atoms with van der Waals surface area (Å²) in [5.74, 6) is -0.159. The van der Waals surface area contributed by atoms with E-state index >= 15 is 0 Å². The smallest absolute Gasteiger partial charge is 0.405 e. The van der Waals surface area contributed by atoms with Gasteiger partial charge in [0.15, 0.2) is 5.58 Å². The second-order valence-electron chi connectivity index (χ2n) is 8.64. The van der Waals surface area contributed by atoms with Gasteiger partial charge in [-0.15, -0.1) is 0 Å². The van der Waals surface area contributed by atoms with Crippen molar-refractivity contribution in [2.45, 2.75) is 69.7 Å². The van der Waals surface area contributed by atoms with Crippen LogP contribution in [0.1, 0.15) is 63.4 Å². The Balaban J connectivity index is 1.54. The summed E-state index contributed by atoms with van der Waals surface area (Å²) < 4.78 is 44.6. The number of para-hydroxylation sites is 2. The average Bonchev–Trinajstić information content (AvgIpc) is 3.23. The van der Waals surface area contributed by atoms with Crippen molar-refractivity contribution in [3.05, 3.63) is 30.2 Å². The molecule has 1 aliphatic carbocycles. The highest BCUT2D eigenvalue weighted by molar-refractivity contribution is 5.83. The molecule has 1 saturated carbocycles. The zero-order valence-electron chi connectivity index (χ0n) is 18.5. The summed E-state index contributed by atoms with van der Waals surface area (Å²) in [5.41, 5.74) is 1.21. The van der Waals surface area contributed by atoms with Crippen LogP contribution in [0.4, 0.5) is 13.2 Å². The summed E-state index contributed by atoms with van der Waals surface area (Å²) in [6, 6.07) is 6.10. The Morgan fingerprint density at radius 3 is 2.70 bits per heavy atom. The summed E-state index contributed by atoms with van der Waals surface area (Å²) in [4.78, 5) is 17.8. The number of aliphatic hydroxyl groups excluding tert-OH is 1. The van der Waals surface area contributed by atoms with Crippen molar-refractivity contribution in [3.8, 4) is 0 Å². The molecule has 10 heteroatoms. The van der Waals surface area contributed by atoms with Gasteiger partial charge in [0.2, 0.25) is 11.8 Å². The highest BCUT2D eigenvalue weighted by Gasteiger charge is 2.36. The standard InChI is InChI=1S/C23H31F3N4O3/c24-23(25,26)14-30(15-27)18(13-16-7-2-1-3-8-16)21(32)28-12-6-10-19(31)22-29-17-9-4-5-11-20(17)33-22/h4-5,9,11,15-16,18-19,27,31H,1-3,6-8,10,12-14H2,(H,28,32). The van der Waals surface area contributed by atoms with Crippen molar-refractivity contribution in [2.75, 3.05) is 13.1 Å². The first-order chi connectivity index (χ1) is 15.8. The third kappa shape index (κ3) is 7.45. The molecule has 0 saturated heterocycles. The van der Waals surface area contributed by atoms with Crippen LogP contribution in [-0.2, 0) is 4.79 Å². The normalized spacial score (nSPS) is 17.0. The van der Waals surface area contributed by atoms with Gasteiger partial charge in [-0.3, -0.25) is 10.2 Å². The first kappa shape index (κ1) is 25.0. The summed E-state index contributed by atoms with van der Waals surface area (Å²) in [5, 5.41) is 20.5. The summed E-state index contributed by atoms with van der Waals surface area (Å²) in [6.07, 6.45) is 1.02.